The average molecular weight is 414 g/mol. The number of benzene rings is 2. The van der Waals surface area contributed by atoms with Crippen LogP contribution >= 0.6 is 0 Å². The normalized spacial score (nSPS) is 10.8. The van der Waals surface area contributed by atoms with Crippen molar-refractivity contribution < 1.29 is 9.59 Å². The molecule has 4 rings (SSSR count). The van der Waals surface area contributed by atoms with E-state index < -0.39 is 0 Å². The summed E-state index contributed by atoms with van der Waals surface area (Å²) in [6.45, 7) is 3.76. The number of fused-ring (bicyclic) bond motifs is 1. The van der Waals surface area contributed by atoms with Gasteiger partial charge in [-0.2, -0.15) is 0 Å². The molecule has 31 heavy (non-hydrogen) atoms. The van der Waals surface area contributed by atoms with Crippen LogP contribution in [0.1, 0.15) is 24.2 Å². The van der Waals surface area contributed by atoms with Crippen LogP contribution in [-0.4, -0.2) is 32.5 Å². The number of anilines is 2. The highest BCUT2D eigenvalue weighted by Gasteiger charge is 2.09. The van der Waals surface area contributed by atoms with E-state index in [0.29, 0.717) is 22.8 Å². The molecule has 2 aromatic carbocycles. The van der Waals surface area contributed by atoms with E-state index >= 15 is 0 Å². The second kappa shape index (κ2) is 8.66. The number of urea groups is 1. The second-order valence-corrected chi connectivity index (χ2v) is 7.29. The summed E-state index contributed by atoms with van der Waals surface area (Å²) in [4.78, 5) is 33.1. The summed E-state index contributed by atoms with van der Waals surface area (Å²) in [6, 6.07) is 17.8. The van der Waals surface area contributed by atoms with Crippen LogP contribution in [-0.2, 0) is 0 Å². The third-order valence-corrected chi connectivity index (χ3v) is 4.53. The molecule has 0 aliphatic heterocycles. The Kier molecular flexibility index (Phi) is 5.61. The molecule has 0 spiro atoms. The number of rotatable bonds is 5. The van der Waals surface area contributed by atoms with Crippen molar-refractivity contribution in [1.82, 2.24) is 19.9 Å². The quantitative estimate of drug-likeness (QED) is 0.455. The van der Waals surface area contributed by atoms with Crippen molar-refractivity contribution in [3.8, 4) is 5.82 Å². The number of aromatic nitrogens is 3. The predicted octanol–water partition coefficient (Wildman–Crippen LogP) is 4.20. The van der Waals surface area contributed by atoms with Gasteiger partial charge in [-0.1, -0.05) is 12.1 Å². The molecule has 0 saturated heterocycles. The Hall–Kier alpha value is -4.20. The van der Waals surface area contributed by atoms with E-state index in [1.165, 1.54) is 0 Å². The second-order valence-electron chi connectivity index (χ2n) is 7.29. The summed E-state index contributed by atoms with van der Waals surface area (Å²) in [5.41, 5.74) is 3.51. The van der Waals surface area contributed by atoms with Gasteiger partial charge in [-0.15, -0.1) is 0 Å². The van der Waals surface area contributed by atoms with Gasteiger partial charge in [-0.25, -0.2) is 14.8 Å². The highest BCUT2D eigenvalue weighted by Crippen LogP contribution is 2.18. The predicted molar refractivity (Wildman–Crippen MR) is 121 cm³/mol. The van der Waals surface area contributed by atoms with E-state index in [-0.39, 0.29) is 18.0 Å². The van der Waals surface area contributed by atoms with Crippen LogP contribution in [0.15, 0.2) is 73.2 Å². The van der Waals surface area contributed by atoms with Crippen LogP contribution in [0.25, 0.3) is 16.9 Å². The number of carbonyl (C=O) groups excluding carboxylic acids is 2. The fraction of sp³-hybridized carbons (Fsp3) is 0.130. The Morgan fingerprint density at radius 3 is 2.32 bits per heavy atom. The maximum absolute atomic E-state index is 12.5. The molecule has 3 N–H and O–H groups in total. The summed E-state index contributed by atoms with van der Waals surface area (Å²) >= 11 is 0. The lowest BCUT2D eigenvalue weighted by Gasteiger charge is -2.11. The number of pyridine rings is 1. The van der Waals surface area contributed by atoms with Gasteiger partial charge in [0.15, 0.2) is 0 Å². The lowest BCUT2D eigenvalue weighted by Crippen LogP contribution is -2.34. The van der Waals surface area contributed by atoms with Crippen LogP contribution < -0.4 is 16.0 Å². The minimum Gasteiger partial charge on any atom is -0.336 e. The Morgan fingerprint density at radius 1 is 0.871 bits per heavy atom. The van der Waals surface area contributed by atoms with Crippen LogP contribution in [0.3, 0.4) is 0 Å². The monoisotopic (exact) mass is 414 g/mol. The molecule has 0 saturated carbocycles. The Balaban J connectivity index is 1.41. The van der Waals surface area contributed by atoms with E-state index in [4.69, 9.17) is 0 Å². The molecule has 0 atom stereocenters. The highest BCUT2D eigenvalue weighted by molar-refractivity contribution is 6.04. The van der Waals surface area contributed by atoms with E-state index in [1.54, 1.807) is 42.9 Å². The first-order valence-electron chi connectivity index (χ1n) is 9.87. The fourth-order valence-corrected chi connectivity index (χ4v) is 3.08. The number of para-hydroxylation sites is 2. The van der Waals surface area contributed by atoms with Crippen LogP contribution in [0.2, 0.25) is 0 Å². The van der Waals surface area contributed by atoms with Gasteiger partial charge in [0.1, 0.15) is 12.1 Å². The number of nitrogens with one attached hydrogen (secondary N) is 3. The first-order valence-corrected chi connectivity index (χ1v) is 9.87. The Morgan fingerprint density at radius 2 is 1.61 bits per heavy atom. The largest absolute Gasteiger partial charge is 0.336 e. The van der Waals surface area contributed by atoms with Gasteiger partial charge in [0.2, 0.25) is 0 Å². The zero-order valence-corrected chi connectivity index (χ0v) is 17.2. The maximum Gasteiger partial charge on any atom is 0.319 e. The van der Waals surface area contributed by atoms with E-state index in [0.717, 1.165) is 11.0 Å². The van der Waals surface area contributed by atoms with Crippen LogP contribution in [0.5, 0.6) is 0 Å². The zero-order chi connectivity index (χ0) is 21.8. The molecule has 156 valence electrons. The van der Waals surface area contributed by atoms with Gasteiger partial charge >= 0.3 is 6.03 Å². The number of imidazole rings is 1. The maximum atomic E-state index is 12.5. The van der Waals surface area contributed by atoms with Gasteiger partial charge in [0.05, 0.1) is 22.9 Å². The van der Waals surface area contributed by atoms with Crippen molar-refractivity contribution in [2.24, 2.45) is 0 Å². The Bertz CT molecular complexity index is 1210. The van der Waals surface area contributed by atoms with Gasteiger partial charge < -0.3 is 16.0 Å². The molecule has 8 nitrogen and oxygen atoms in total. The minimum atomic E-state index is -0.288. The zero-order valence-electron chi connectivity index (χ0n) is 17.2. The molecular weight excluding hydrogens is 392 g/mol. The first kappa shape index (κ1) is 20.1. The van der Waals surface area contributed by atoms with Gasteiger partial charge in [-0.05, 0) is 62.4 Å². The number of hydrogen-bond acceptors (Lipinski definition) is 4. The lowest BCUT2D eigenvalue weighted by atomic mass is 10.2. The molecule has 4 aromatic rings. The molecular formula is C23H22N6O2. The van der Waals surface area contributed by atoms with E-state index in [9.17, 15) is 9.59 Å². The lowest BCUT2D eigenvalue weighted by molar-refractivity contribution is 0.102. The number of nitrogens with zero attached hydrogens (tertiary/aromatic N) is 3. The van der Waals surface area contributed by atoms with Gasteiger partial charge in [-0.3, -0.25) is 9.36 Å². The molecule has 3 amide bonds. The van der Waals surface area contributed by atoms with Gasteiger partial charge in [0.25, 0.3) is 5.91 Å². The molecule has 0 bridgehead atoms. The van der Waals surface area contributed by atoms with E-state index in [2.05, 4.69) is 25.9 Å². The van der Waals surface area contributed by atoms with Crippen molar-refractivity contribution in [1.29, 1.82) is 0 Å². The van der Waals surface area contributed by atoms with Crippen molar-refractivity contribution in [3.05, 3.63) is 78.8 Å². The van der Waals surface area contributed by atoms with Crippen LogP contribution in [0.4, 0.5) is 16.2 Å². The van der Waals surface area contributed by atoms with Crippen LogP contribution in [0, 0.1) is 0 Å². The average Bonchev–Trinajstić information content (AvgIpc) is 3.18. The summed E-state index contributed by atoms with van der Waals surface area (Å²) < 4.78 is 1.89. The number of hydrogen-bond donors (Lipinski definition) is 3. The van der Waals surface area contributed by atoms with Crippen molar-refractivity contribution >= 4 is 34.3 Å². The molecule has 2 aromatic heterocycles. The standard InChI is InChI=1S/C23H22N6O2/c1-15(2)26-23(31)28-17-9-7-16(8-10-17)22(30)27-18-11-12-21(24-13-18)29-14-25-19-5-3-4-6-20(19)29/h3-15H,1-2H3,(H,27,30)(H2,26,28,31). The molecule has 0 aliphatic rings. The van der Waals surface area contributed by atoms with Gasteiger partial charge in [0, 0.05) is 17.3 Å². The molecule has 0 fully saturated rings. The van der Waals surface area contributed by atoms with E-state index in [1.807, 2.05) is 48.7 Å². The molecule has 0 unspecified atom stereocenters. The number of amides is 3. The molecule has 2 heterocycles. The molecule has 0 radical (unpaired) electrons. The fourth-order valence-electron chi connectivity index (χ4n) is 3.08. The third kappa shape index (κ3) is 4.69. The third-order valence-electron chi connectivity index (χ3n) is 4.53. The van der Waals surface area contributed by atoms with Crippen molar-refractivity contribution in [2.75, 3.05) is 10.6 Å². The summed E-state index contributed by atoms with van der Waals surface area (Å²) in [6.07, 6.45) is 3.33. The number of carbonyl (C=O) groups is 2. The molecule has 8 heteroatoms. The summed E-state index contributed by atoms with van der Waals surface area (Å²) in [7, 11) is 0. The summed E-state index contributed by atoms with van der Waals surface area (Å²) in [5.74, 6) is 0.447. The SMILES string of the molecule is CC(C)NC(=O)Nc1ccc(C(=O)Nc2ccc(-n3cnc4ccccc43)nc2)cc1. The summed E-state index contributed by atoms with van der Waals surface area (Å²) in [5, 5.41) is 8.29. The molecule has 0 aliphatic carbocycles. The first-order chi connectivity index (χ1) is 15.0. The Labute approximate surface area is 179 Å². The van der Waals surface area contributed by atoms with Crippen molar-refractivity contribution in [2.45, 2.75) is 19.9 Å². The highest BCUT2D eigenvalue weighted by atomic mass is 16.2. The van der Waals surface area contributed by atoms with Crippen molar-refractivity contribution in [3.63, 3.8) is 0 Å². The minimum absolute atomic E-state index is 0.0394. The smallest absolute Gasteiger partial charge is 0.319 e. The topological polar surface area (TPSA) is 101 Å².